The molecule has 0 saturated carbocycles. The monoisotopic (exact) mass is 370 g/mol. The molecule has 2 heterocycles. The van der Waals surface area contributed by atoms with Gasteiger partial charge in [-0.25, -0.2) is 9.97 Å². The minimum Gasteiger partial charge on any atom is -0.492 e. The van der Waals surface area contributed by atoms with E-state index in [1.807, 2.05) is 74.6 Å². The molecule has 2 aromatic heterocycles. The maximum Gasteiger partial charge on any atom is 0.162 e. The summed E-state index contributed by atoms with van der Waals surface area (Å²) in [7, 11) is 2.03. The fourth-order valence-electron chi connectivity index (χ4n) is 3.09. The summed E-state index contributed by atoms with van der Waals surface area (Å²) in [5, 5.41) is 1.03. The third kappa shape index (κ3) is 3.93. The van der Waals surface area contributed by atoms with Crippen LogP contribution in [0.1, 0.15) is 5.69 Å². The lowest BCUT2D eigenvalue weighted by atomic mass is 10.2. The molecule has 0 aliphatic rings. The number of para-hydroxylation sites is 2. The minimum absolute atomic E-state index is 0.572. The first-order valence-electron chi connectivity index (χ1n) is 9.29. The van der Waals surface area contributed by atoms with Gasteiger partial charge in [-0.3, -0.25) is 4.98 Å². The molecule has 28 heavy (non-hydrogen) atoms. The Bertz CT molecular complexity index is 1080. The molecule has 0 aliphatic heterocycles. The average Bonchev–Trinajstić information content (AvgIpc) is 2.73. The summed E-state index contributed by atoms with van der Waals surface area (Å²) < 4.78 is 5.85. The quantitative estimate of drug-likeness (QED) is 0.500. The largest absolute Gasteiger partial charge is 0.492 e. The van der Waals surface area contributed by atoms with Crippen molar-refractivity contribution in [2.75, 3.05) is 25.1 Å². The fraction of sp³-hybridized carbons (Fsp3) is 0.174. The van der Waals surface area contributed by atoms with Crippen LogP contribution in [0, 0.1) is 6.92 Å². The molecule has 0 radical (unpaired) electrons. The number of aryl methyl sites for hydroxylation is 1. The highest BCUT2D eigenvalue weighted by Crippen LogP contribution is 2.27. The van der Waals surface area contributed by atoms with Crippen LogP contribution in [0.3, 0.4) is 0 Å². The second-order valence-corrected chi connectivity index (χ2v) is 6.66. The van der Waals surface area contributed by atoms with Gasteiger partial charge in [-0.2, -0.15) is 0 Å². The van der Waals surface area contributed by atoms with Crippen LogP contribution in [0.4, 0.5) is 5.82 Å². The van der Waals surface area contributed by atoms with Gasteiger partial charge in [0.05, 0.1) is 12.1 Å². The second kappa shape index (κ2) is 8.05. The van der Waals surface area contributed by atoms with Gasteiger partial charge in [0, 0.05) is 29.9 Å². The van der Waals surface area contributed by atoms with Gasteiger partial charge in [0.15, 0.2) is 5.82 Å². The predicted octanol–water partition coefficient (Wildman–Crippen LogP) is 4.52. The Labute approximate surface area is 164 Å². The molecule has 2 aromatic carbocycles. The van der Waals surface area contributed by atoms with E-state index in [0.717, 1.165) is 33.7 Å². The molecule has 0 saturated heterocycles. The number of rotatable bonds is 6. The van der Waals surface area contributed by atoms with Crippen molar-refractivity contribution in [2.24, 2.45) is 0 Å². The Morgan fingerprint density at radius 1 is 0.929 bits per heavy atom. The number of likely N-dealkylation sites (N-methyl/N-ethyl adjacent to an activating group) is 1. The molecule has 0 aliphatic carbocycles. The normalized spacial score (nSPS) is 10.8. The van der Waals surface area contributed by atoms with E-state index in [-0.39, 0.29) is 0 Å². The first-order chi connectivity index (χ1) is 13.7. The predicted molar refractivity (Wildman–Crippen MR) is 113 cm³/mol. The summed E-state index contributed by atoms with van der Waals surface area (Å²) in [6.45, 7) is 3.26. The summed E-state index contributed by atoms with van der Waals surface area (Å²) in [5.74, 6) is 2.47. The molecule has 0 fully saturated rings. The second-order valence-electron chi connectivity index (χ2n) is 6.66. The van der Waals surface area contributed by atoms with Crippen LogP contribution in [0.25, 0.3) is 22.3 Å². The van der Waals surface area contributed by atoms with Crippen molar-refractivity contribution in [1.82, 2.24) is 15.0 Å². The van der Waals surface area contributed by atoms with Crippen LogP contribution in [-0.4, -0.2) is 35.2 Å². The number of fused-ring (bicyclic) bond motifs is 1. The zero-order chi connectivity index (χ0) is 19.3. The van der Waals surface area contributed by atoms with Crippen LogP contribution < -0.4 is 9.64 Å². The zero-order valence-corrected chi connectivity index (χ0v) is 16.0. The lowest BCUT2D eigenvalue weighted by Gasteiger charge is -2.21. The molecule has 4 rings (SSSR count). The number of anilines is 1. The van der Waals surface area contributed by atoms with Crippen LogP contribution in [0.5, 0.6) is 5.75 Å². The van der Waals surface area contributed by atoms with Crippen LogP contribution in [0.15, 0.2) is 72.9 Å². The Hall–Kier alpha value is -3.47. The number of nitrogens with zero attached hydrogens (tertiary/aromatic N) is 4. The number of benzene rings is 2. The summed E-state index contributed by atoms with van der Waals surface area (Å²) in [6.07, 6.45) is 1.79. The number of aromatic nitrogens is 3. The average molecular weight is 370 g/mol. The summed E-state index contributed by atoms with van der Waals surface area (Å²) in [6, 6.07) is 21.9. The van der Waals surface area contributed by atoms with E-state index in [1.165, 1.54) is 0 Å². The van der Waals surface area contributed by atoms with Crippen molar-refractivity contribution in [3.63, 3.8) is 0 Å². The van der Waals surface area contributed by atoms with E-state index in [0.29, 0.717) is 19.0 Å². The maximum absolute atomic E-state index is 5.85. The van der Waals surface area contributed by atoms with E-state index < -0.39 is 0 Å². The Morgan fingerprint density at radius 3 is 2.54 bits per heavy atom. The van der Waals surface area contributed by atoms with E-state index >= 15 is 0 Å². The standard InChI is InChI=1S/C23H22N4O/c1-17-16-18(12-13-24-17)22-25-21-11-7-6-10-20(21)23(26-22)27(2)14-15-28-19-8-4-3-5-9-19/h3-13,16H,14-15H2,1-2H3. The number of hydrogen-bond donors (Lipinski definition) is 0. The summed E-state index contributed by atoms with van der Waals surface area (Å²) in [5.41, 5.74) is 2.83. The molecule has 5 nitrogen and oxygen atoms in total. The third-order valence-corrected chi connectivity index (χ3v) is 4.54. The highest BCUT2D eigenvalue weighted by molar-refractivity contribution is 5.91. The molecular formula is C23H22N4O. The van der Waals surface area contributed by atoms with E-state index in [2.05, 4.69) is 16.0 Å². The van der Waals surface area contributed by atoms with Crippen LogP contribution in [-0.2, 0) is 0 Å². The summed E-state index contributed by atoms with van der Waals surface area (Å²) in [4.78, 5) is 16.0. The number of pyridine rings is 1. The molecule has 140 valence electrons. The Balaban J connectivity index is 1.63. The first kappa shape index (κ1) is 17.9. The molecule has 0 spiro atoms. The van der Waals surface area contributed by atoms with Gasteiger partial charge in [0.1, 0.15) is 18.2 Å². The topological polar surface area (TPSA) is 51.1 Å². The number of hydrogen-bond acceptors (Lipinski definition) is 5. The maximum atomic E-state index is 5.85. The molecule has 0 bridgehead atoms. The summed E-state index contributed by atoms with van der Waals surface area (Å²) >= 11 is 0. The zero-order valence-electron chi connectivity index (χ0n) is 16.0. The number of ether oxygens (including phenoxy) is 1. The van der Waals surface area contributed by atoms with Gasteiger partial charge in [0.25, 0.3) is 0 Å². The van der Waals surface area contributed by atoms with Gasteiger partial charge in [-0.15, -0.1) is 0 Å². The van der Waals surface area contributed by atoms with Crippen molar-refractivity contribution in [2.45, 2.75) is 6.92 Å². The first-order valence-corrected chi connectivity index (χ1v) is 9.29. The highest BCUT2D eigenvalue weighted by atomic mass is 16.5. The minimum atomic E-state index is 0.572. The van der Waals surface area contributed by atoms with E-state index in [1.54, 1.807) is 6.20 Å². The van der Waals surface area contributed by atoms with Crippen molar-refractivity contribution in [3.8, 4) is 17.1 Å². The Morgan fingerprint density at radius 2 is 1.71 bits per heavy atom. The van der Waals surface area contributed by atoms with E-state index in [9.17, 15) is 0 Å². The molecule has 0 N–H and O–H groups in total. The van der Waals surface area contributed by atoms with Gasteiger partial charge in [0.2, 0.25) is 0 Å². The van der Waals surface area contributed by atoms with Gasteiger partial charge in [-0.1, -0.05) is 30.3 Å². The molecule has 4 aromatic rings. The van der Waals surface area contributed by atoms with Crippen LogP contribution >= 0.6 is 0 Å². The van der Waals surface area contributed by atoms with E-state index in [4.69, 9.17) is 14.7 Å². The Kier molecular flexibility index (Phi) is 5.15. The smallest absolute Gasteiger partial charge is 0.162 e. The van der Waals surface area contributed by atoms with Crippen molar-refractivity contribution >= 4 is 16.7 Å². The highest BCUT2D eigenvalue weighted by Gasteiger charge is 2.13. The third-order valence-electron chi connectivity index (χ3n) is 4.54. The molecule has 0 atom stereocenters. The van der Waals surface area contributed by atoms with Gasteiger partial charge < -0.3 is 9.64 Å². The molecular weight excluding hydrogens is 348 g/mol. The van der Waals surface area contributed by atoms with Gasteiger partial charge in [-0.05, 0) is 43.3 Å². The molecule has 5 heteroatoms. The van der Waals surface area contributed by atoms with Crippen molar-refractivity contribution in [1.29, 1.82) is 0 Å². The lowest BCUT2D eigenvalue weighted by molar-refractivity contribution is 0.326. The molecule has 0 unspecified atom stereocenters. The van der Waals surface area contributed by atoms with Crippen molar-refractivity contribution in [3.05, 3.63) is 78.6 Å². The van der Waals surface area contributed by atoms with Gasteiger partial charge >= 0.3 is 0 Å². The van der Waals surface area contributed by atoms with Crippen molar-refractivity contribution < 1.29 is 4.74 Å². The van der Waals surface area contributed by atoms with Crippen LogP contribution in [0.2, 0.25) is 0 Å². The SMILES string of the molecule is Cc1cc(-c2nc(N(C)CCOc3ccccc3)c3ccccc3n2)ccn1. The molecule has 0 amide bonds. The lowest BCUT2D eigenvalue weighted by Crippen LogP contribution is -2.25. The fourth-order valence-corrected chi connectivity index (χ4v) is 3.09.